The number of rotatable bonds is 3. The first-order valence-corrected chi connectivity index (χ1v) is 6.21. The maximum absolute atomic E-state index is 12.6. The number of amides is 1. The summed E-state index contributed by atoms with van der Waals surface area (Å²) >= 11 is 0. The predicted molar refractivity (Wildman–Crippen MR) is 65.5 cm³/mol. The molecule has 0 atom stereocenters. The minimum absolute atomic E-state index is 0.0755. The Balaban J connectivity index is 1.90. The largest absolute Gasteiger partial charge is 0.389 e. The molecule has 1 aliphatic rings. The van der Waals surface area contributed by atoms with Gasteiger partial charge in [0, 0.05) is 0 Å². The van der Waals surface area contributed by atoms with Gasteiger partial charge in [0.05, 0.1) is 18.2 Å². The van der Waals surface area contributed by atoms with E-state index in [1.54, 1.807) is 0 Å². The number of halogens is 1. The van der Waals surface area contributed by atoms with Crippen LogP contribution in [0.1, 0.15) is 38.5 Å². The van der Waals surface area contributed by atoms with Crippen molar-refractivity contribution in [1.29, 1.82) is 0 Å². The van der Waals surface area contributed by atoms with Crippen molar-refractivity contribution in [2.75, 3.05) is 5.32 Å². The molecule has 1 amide bonds. The number of nitrogens with zero attached hydrogens (tertiary/aromatic N) is 1. The average molecular weight is 252 g/mol. The molecule has 1 aromatic rings. The monoisotopic (exact) mass is 252 g/mol. The Kier molecular flexibility index (Phi) is 3.91. The van der Waals surface area contributed by atoms with E-state index >= 15 is 0 Å². The van der Waals surface area contributed by atoms with Gasteiger partial charge in [0.2, 0.25) is 5.91 Å². The summed E-state index contributed by atoms with van der Waals surface area (Å²) < 4.78 is 12.6. The van der Waals surface area contributed by atoms with E-state index in [0.717, 1.165) is 25.5 Å². The third kappa shape index (κ3) is 3.50. The third-order valence-corrected chi connectivity index (χ3v) is 3.27. The van der Waals surface area contributed by atoms with Crippen molar-refractivity contribution in [3.8, 4) is 0 Å². The van der Waals surface area contributed by atoms with Crippen molar-refractivity contribution in [2.24, 2.45) is 0 Å². The van der Waals surface area contributed by atoms with Gasteiger partial charge in [-0.05, 0) is 25.0 Å². The molecule has 1 saturated carbocycles. The Labute approximate surface area is 105 Å². The summed E-state index contributed by atoms with van der Waals surface area (Å²) in [5.74, 6) is -0.418. The molecule has 0 aromatic carbocycles. The summed E-state index contributed by atoms with van der Waals surface area (Å²) in [6.07, 6.45) is 5.48. The smallest absolute Gasteiger partial charge is 0.228 e. The van der Waals surface area contributed by atoms with Gasteiger partial charge in [-0.1, -0.05) is 19.3 Å². The second kappa shape index (κ2) is 5.44. The molecule has 0 unspecified atom stereocenters. The molecule has 4 nitrogen and oxygen atoms in total. The van der Waals surface area contributed by atoms with Crippen LogP contribution in [0.15, 0.2) is 18.3 Å². The summed E-state index contributed by atoms with van der Waals surface area (Å²) in [5.41, 5.74) is -0.887. The zero-order valence-corrected chi connectivity index (χ0v) is 10.2. The van der Waals surface area contributed by atoms with Crippen LogP contribution in [0.5, 0.6) is 0 Å². The SMILES string of the molecule is O=C(CC1(O)CCCCC1)Nc1ccc(F)cn1. The van der Waals surface area contributed by atoms with Gasteiger partial charge in [-0.2, -0.15) is 0 Å². The summed E-state index contributed by atoms with van der Waals surface area (Å²) in [6.45, 7) is 0. The molecular formula is C13H17FN2O2. The molecule has 1 aliphatic carbocycles. The molecule has 18 heavy (non-hydrogen) atoms. The van der Waals surface area contributed by atoms with Gasteiger partial charge in [0.15, 0.2) is 0 Å². The number of carbonyl (C=O) groups is 1. The van der Waals surface area contributed by atoms with Crippen LogP contribution < -0.4 is 5.32 Å². The lowest BCUT2D eigenvalue weighted by molar-refractivity contribution is -0.122. The lowest BCUT2D eigenvalue weighted by Gasteiger charge is -2.31. The van der Waals surface area contributed by atoms with Gasteiger partial charge >= 0.3 is 0 Å². The van der Waals surface area contributed by atoms with Crippen LogP contribution in [-0.2, 0) is 4.79 Å². The van der Waals surface area contributed by atoms with Crippen LogP contribution in [0.25, 0.3) is 0 Å². The summed E-state index contributed by atoms with van der Waals surface area (Å²) in [7, 11) is 0. The summed E-state index contributed by atoms with van der Waals surface area (Å²) in [5, 5.41) is 12.8. The fourth-order valence-electron chi connectivity index (χ4n) is 2.32. The highest BCUT2D eigenvalue weighted by molar-refractivity contribution is 5.90. The number of nitrogens with one attached hydrogen (secondary N) is 1. The van der Waals surface area contributed by atoms with Crippen molar-refractivity contribution in [2.45, 2.75) is 44.1 Å². The third-order valence-electron chi connectivity index (χ3n) is 3.27. The zero-order valence-electron chi connectivity index (χ0n) is 10.2. The fraction of sp³-hybridized carbons (Fsp3) is 0.538. The van der Waals surface area contributed by atoms with Crippen molar-refractivity contribution >= 4 is 11.7 Å². The topological polar surface area (TPSA) is 62.2 Å². The Bertz CT molecular complexity index is 414. The van der Waals surface area contributed by atoms with Crippen LogP contribution in [0.3, 0.4) is 0 Å². The van der Waals surface area contributed by atoms with E-state index in [0.29, 0.717) is 18.7 Å². The Morgan fingerprint density at radius 3 is 2.72 bits per heavy atom. The van der Waals surface area contributed by atoms with E-state index in [-0.39, 0.29) is 12.3 Å². The van der Waals surface area contributed by atoms with Gasteiger partial charge < -0.3 is 10.4 Å². The number of aromatic nitrogens is 1. The Morgan fingerprint density at radius 1 is 1.39 bits per heavy atom. The maximum Gasteiger partial charge on any atom is 0.228 e. The molecule has 98 valence electrons. The van der Waals surface area contributed by atoms with Crippen molar-refractivity contribution in [3.05, 3.63) is 24.1 Å². The van der Waals surface area contributed by atoms with E-state index in [9.17, 15) is 14.3 Å². The molecule has 0 aliphatic heterocycles. The van der Waals surface area contributed by atoms with E-state index in [1.807, 2.05) is 0 Å². The minimum atomic E-state index is -0.887. The molecule has 0 spiro atoms. The second-order valence-corrected chi connectivity index (χ2v) is 4.87. The average Bonchev–Trinajstić information content (AvgIpc) is 2.32. The van der Waals surface area contributed by atoms with Gasteiger partial charge in [0.1, 0.15) is 11.6 Å². The Hall–Kier alpha value is -1.49. The van der Waals surface area contributed by atoms with Crippen LogP contribution in [0.2, 0.25) is 0 Å². The molecule has 2 rings (SSSR count). The number of pyridine rings is 1. The van der Waals surface area contributed by atoms with Gasteiger partial charge in [-0.25, -0.2) is 9.37 Å². The molecule has 0 bridgehead atoms. The van der Waals surface area contributed by atoms with Crippen molar-refractivity contribution in [1.82, 2.24) is 4.98 Å². The lowest BCUT2D eigenvalue weighted by atomic mass is 9.82. The number of aliphatic hydroxyl groups is 1. The number of carbonyl (C=O) groups excluding carboxylic acids is 1. The first kappa shape index (κ1) is 13.0. The fourth-order valence-corrected chi connectivity index (χ4v) is 2.32. The highest BCUT2D eigenvalue weighted by atomic mass is 19.1. The number of hydrogen-bond acceptors (Lipinski definition) is 3. The zero-order chi connectivity index (χ0) is 13.0. The standard InChI is InChI=1S/C13H17FN2O2/c14-10-4-5-11(15-9-10)16-12(17)8-13(18)6-2-1-3-7-13/h4-5,9,18H,1-3,6-8H2,(H,15,16,17). The van der Waals surface area contributed by atoms with Crippen LogP contribution >= 0.6 is 0 Å². The summed E-state index contributed by atoms with van der Waals surface area (Å²) in [6, 6.07) is 2.64. The molecule has 5 heteroatoms. The van der Waals surface area contributed by atoms with E-state index in [4.69, 9.17) is 0 Å². The van der Waals surface area contributed by atoms with E-state index < -0.39 is 11.4 Å². The van der Waals surface area contributed by atoms with Crippen molar-refractivity contribution < 1.29 is 14.3 Å². The van der Waals surface area contributed by atoms with Gasteiger partial charge in [0.25, 0.3) is 0 Å². The molecule has 0 radical (unpaired) electrons. The highest BCUT2D eigenvalue weighted by Crippen LogP contribution is 2.30. The van der Waals surface area contributed by atoms with Crippen LogP contribution in [0, 0.1) is 5.82 Å². The highest BCUT2D eigenvalue weighted by Gasteiger charge is 2.31. The molecule has 1 fully saturated rings. The van der Waals surface area contributed by atoms with Crippen LogP contribution in [0.4, 0.5) is 10.2 Å². The number of anilines is 1. The predicted octanol–water partition coefficient (Wildman–Crippen LogP) is 2.24. The Morgan fingerprint density at radius 2 is 2.11 bits per heavy atom. The molecule has 2 N–H and O–H groups in total. The first-order chi connectivity index (χ1) is 8.57. The quantitative estimate of drug-likeness (QED) is 0.867. The molecule has 1 heterocycles. The summed E-state index contributed by atoms with van der Waals surface area (Å²) in [4.78, 5) is 15.5. The normalized spacial score (nSPS) is 18.3. The van der Waals surface area contributed by atoms with Gasteiger partial charge in [-0.15, -0.1) is 0 Å². The molecule has 0 saturated heterocycles. The van der Waals surface area contributed by atoms with E-state index in [2.05, 4.69) is 10.3 Å². The molecular weight excluding hydrogens is 235 g/mol. The maximum atomic E-state index is 12.6. The van der Waals surface area contributed by atoms with E-state index in [1.165, 1.54) is 12.1 Å². The lowest BCUT2D eigenvalue weighted by Crippen LogP contribution is -2.36. The first-order valence-electron chi connectivity index (χ1n) is 6.21. The minimum Gasteiger partial charge on any atom is -0.389 e. The van der Waals surface area contributed by atoms with Gasteiger partial charge in [-0.3, -0.25) is 4.79 Å². The van der Waals surface area contributed by atoms with Crippen molar-refractivity contribution in [3.63, 3.8) is 0 Å². The van der Waals surface area contributed by atoms with Crippen LogP contribution in [-0.4, -0.2) is 21.6 Å². The number of hydrogen-bond donors (Lipinski definition) is 2. The molecule has 1 aromatic heterocycles. The second-order valence-electron chi connectivity index (χ2n) is 4.87.